The monoisotopic (exact) mass is 404 g/mol. The van der Waals surface area contributed by atoms with Gasteiger partial charge in [-0.25, -0.2) is 0 Å². The van der Waals surface area contributed by atoms with Crippen LogP contribution in [0, 0.1) is 11.8 Å². The van der Waals surface area contributed by atoms with Gasteiger partial charge in [-0.15, -0.1) is 0 Å². The third kappa shape index (κ3) is 4.39. The Hall–Kier alpha value is -2.33. The van der Waals surface area contributed by atoms with Gasteiger partial charge in [-0.2, -0.15) is 0 Å². The van der Waals surface area contributed by atoms with Crippen molar-refractivity contribution in [2.24, 2.45) is 11.8 Å². The van der Waals surface area contributed by atoms with Crippen molar-refractivity contribution in [2.75, 3.05) is 25.0 Å². The molecule has 0 unspecified atom stereocenters. The summed E-state index contributed by atoms with van der Waals surface area (Å²) < 4.78 is 6.25. The van der Waals surface area contributed by atoms with Crippen LogP contribution in [-0.4, -0.2) is 30.5 Å². The molecule has 2 aliphatic heterocycles. The number of carbonyl (C=O) groups is 1. The van der Waals surface area contributed by atoms with Crippen LogP contribution in [-0.2, 0) is 24.2 Å². The van der Waals surface area contributed by atoms with Gasteiger partial charge in [-0.05, 0) is 60.3 Å². The number of nitrogens with zero attached hydrogens (tertiary/aromatic N) is 1. The quantitative estimate of drug-likeness (QED) is 0.777. The van der Waals surface area contributed by atoms with Crippen molar-refractivity contribution in [2.45, 2.75) is 51.5 Å². The van der Waals surface area contributed by atoms with Crippen LogP contribution in [0.3, 0.4) is 0 Å². The van der Waals surface area contributed by atoms with Gasteiger partial charge < -0.3 is 10.1 Å². The molecule has 4 heteroatoms. The molecule has 4 nitrogen and oxygen atoms in total. The summed E-state index contributed by atoms with van der Waals surface area (Å²) in [6, 6.07) is 15.1. The summed E-state index contributed by atoms with van der Waals surface area (Å²) in [5.74, 6) is 2.31. The van der Waals surface area contributed by atoms with Crippen LogP contribution >= 0.6 is 0 Å². The highest BCUT2D eigenvalue weighted by Crippen LogP contribution is 2.33. The van der Waals surface area contributed by atoms with Crippen LogP contribution in [0.4, 0.5) is 5.69 Å². The molecule has 2 aromatic rings. The summed E-state index contributed by atoms with van der Waals surface area (Å²) in [7, 11) is 0. The van der Waals surface area contributed by atoms with Gasteiger partial charge in [0.2, 0.25) is 5.91 Å². The molecule has 1 N–H and O–H groups in total. The lowest BCUT2D eigenvalue weighted by Gasteiger charge is -2.37. The Bertz CT molecular complexity index is 910. The molecule has 0 radical (unpaired) electrons. The van der Waals surface area contributed by atoms with Crippen LogP contribution in [0.5, 0.6) is 5.75 Å². The number of ether oxygens (including phenoxy) is 1. The van der Waals surface area contributed by atoms with E-state index in [0.717, 1.165) is 31.0 Å². The van der Waals surface area contributed by atoms with Gasteiger partial charge in [0.1, 0.15) is 5.75 Å². The Morgan fingerprint density at radius 1 is 0.933 bits per heavy atom. The molecule has 1 saturated carbocycles. The fraction of sp³-hybridized carbons (Fsp3) is 0.500. The predicted molar refractivity (Wildman–Crippen MR) is 120 cm³/mol. The summed E-state index contributed by atoms with van der Waals surface area (Å²) in [5.41, 5.74) is 5.17. The van der Waals surface area contributed by atoms with Crippen LogP contribution in [0.2, 0.25) is 0 Å². The maximum Gasteiger partial charge on any atom is 0.224 e. The van der Waals surface area contributed by atoms with Crippen molar-refractivity contribution in [1.82, 2.24) is 4.90 Å². The van der Waals surface area contributed by atoms with Gasteiger partial charge in [-0.1, -0.05) is 43.2 Å². The second kappa shape index (κ2) is 8.81. The van der Waals surface area contributed by atoms with E-state index in [1.807, 2.05) is 6.07 Å². The highest BCUT2D eigenvalue weighted by atomic mass is 16.5. The van der Waals surface area contributed by atoms with E-state index in [1.165, 1.54) is 61.9 Å². The maximum absolute atomic E-state index is 11.7. The third-order valence-corrected chi connectivity index (χ3v) is 7.21. The molecule has 0 bridgehead atoms. The van der Waals surface area contributed by atoms with E-state index in [0.29, 0.717) is 18.3 Å². The number of hydrogen-bond acceptors (Lipinski definition) is 3. The number of rotatable bonds is 5. The maximum atomic E-state index is 11.7. The second-order valence-corrected chi connectivity index (χ2v) is 9.24. The molecule has 30 heavy (non-hydrogen) atoms. The molecule has 1 fully saturated rings. The molecular weight excluding hydrogens is 372 g/mol. The minimum Gasteiger partial charge on any atom is -0.493 e. The predicted octanol–water partition coefficient (Wildman–Crippen LogP) is 4.81. The van der Waals surface area contributed by atoms with Crippen molar-refractivity contribution in [3.63, 3.8) is 0 Å². The summed E-state index contributed by atoms with van der Waals surface area (Å²) in [4.78, 5) is 14.3. The van der Waals surface area contributed by atoms with Crippen LogP contribution in [0.25, 0.3) is 0 Å². The van der Waals surface area contributed by atoms with E-state index in [-0.39, 0.29) is 5.91 Å². The molecule has 2 aromatic carbocycles. The average Bonchev–Trinajstić information content (AvgIpc) is 2.78. The molecule has 3 aliphatic rings. The number of anilines is 1. The molecule has 0 aromatic heterocycles. The van der Waals surface area contributed by atoms with Crippen molar-refractivity contribution >= 4 is 11.6 Å². The Morgan fingerprint density at radius 2 is 1.77 bits per heavy atom. The smallest absolute Gasteiger partial charge is 0.224 e. The SMILES string of the molecule is O=C1CCc2ccc(OC[C@@H]3CCCC[C@@H]3CN3CCc4ccccc4C3)cc2N1. The third-order valence-electron chi connectivity index (χ3n) is 7.21. The highest BCUT2D eigenvalue weighted by molar-refractivity contribution is 5.94. The van der Waals surface area contributed by atoms with Crippen LogP contribution < -0.4 is 10.1 Å². The van der Waals surface area contributed by atoms with Gasteiger partial charge >= 0.3 is 0 Å². The molecule has 5 rings (SSSR count). The summed E-state index contributed by atoms with van der Waals surface area (Å²) in [5, 5.41) is 2.98. The van der Waals surface area contributed by atoms with Crippen molar-refractivity contribution in [1.29, 1.82) is 0 Å². The standard InChI is InChI=1S/C26H32N2O2/c29-26-12-10-20-9-11-24(15-25(20)27-26)30-18-23-8-4-3-7-22(23)17-28-14-13-19-5-1-2-6-21(19)16-28/h1-2,5-6,9,11,15,22-23H,3-4,7-8,10,12-14,16-18H2,(H,27,29)/t22-,23+/m1/s1. The minimum atomic E-state index is 0.107. The van der Waals surface area contributed by atoms with Gasteiger partial charge in [0.25, 0.3) is 0 Å². The lowest BCUT2D eigenvalue weighted by molar-refractivity contribution is -0.116. The van der Waals surface area contributed by atoms with Crippen molar-refractivity contribution < 1.29 is 9.53 Å². The number of hydrogen-bond donors (Lipinski definition) is 1. The Morgan fingerprint density at radius 3 is 2.67 bits per heavy atom. The average molecular weight is 405 g/mol. The molecule has 2 atom stereocenters. The van der Waals surface area contributed by atoms with Crippen molar-refractivity contribution in [3.05, 3.63) is 59.2 Å². The fourth-order valence-electron chi connectivity index (χ4n) is 5.43. The zero-order valence-electron chi connectivity index (χ0n) is 17.7. The van der Waals surface area contributed by atoms with Crippen LogP contribution in [0.15, 0.2) is 42.5 Å². The van der Waals surface area contributed by atoms with E-state index in [9.17, 15) is 4.79 Å². The molecule has 2 heterocycles. The normalized spacial score (nSPS) is 23.9. The molecule has 0 spiro atoms. The summed E-state index contributed by atoms with van der Waals surface area (Å²) in [6.45, 7) is 4.22. The van der Waals surface area contributed by atoms with Gasteiger partial charge in [0.05, 0.1) is 6.61 Å². The molecule has 0 saturated heterocycles. The Kier molecular flexibility index (Phi) is 5.76. The summed E-state index contributed by atoms with van der Waals surface area (Å²) in [6.07, 6.45) is 7.81. The van der Waals surface area contributed by atoms with E-state index in [2.05, 4.69) is 46.6 Å². The zero-order chi connectivity index (χ0) is 20.3. The van der Waals surface area contributed by atoms with Gasteiger partial charge in [0.15, 0.2) is 0 Å². The fourth-order valence-corrected chi connectivity index (χ4v) is 5.43. The van der Waals surface area contributed by atoms with Gasteiger partial charge in [-0.3, -0.25) is 9.69 Å². The first kappa shape index (κ1) is 19.6. The Balaban J connectivity index is 1.20. The van der Waals surface area contributed by atoms with E-state index in [1.54, 1.807) is 0 Å². The largest absolute Gasteiger partial charge is 0.493 e. The molecular formula is C26H32N2O2. The lowest BCUT2D eigenvalue weighted by Crippen LogP contribution is -2.39. The first-order chi connectivity index (χ1) is 14.7. The minimum absolute atomic E-state index is 0.107. The second-order valence-electron chi connectivity index (χ2n) is 9.24. The summed E-state index contributed by atoms with van der Waals surface area (Å²) >= 11 is 0. The first-order valence-corrected chi connectivity index (χ1v) is 11.6. The number of benzene rings is 2. The van der Waals surface area contributed by atoms with E-state index in [4.69, 9.17) is 4.74 Å². The number of fused-ring (bicyclic) bond motifs is 2. The molecule has 158 valence electrons. The Labute approximate surface area is 179 Å². The number of aryl methyl sites for hydroxylation is 1. The molecule has 1 amide bonds. The van der Waals surface area contributed by atoms with Crippen molar-refractivity contribution in [3.8, 4) is 5.75 Å². The van der Waals surface area contributed by atoms with E-state index >= 15 is 0 Å². The first-order valence-electron chi connectivity index (χ1n) is 11.6. The molecule has 1 aliphatic carbocycles. The topological polar surface area (TPSA) is 41.6 Å². The zero-order valence-corrected chi connectivity index (χ0v) is 17.7. The lowest BCUT2D eigenvalue weighted by atomic mass is 9.79. The number of nitrogens with one attached hydrogen (secondary N) is 1. The van der Waals surface area contributed by atoms with E-state index < -0.39 is 0 Å². The number of amides is 1. The number of carbonyl (C=O) groups excluding carboxylic acids is 1. The highest BCUT2D eigenvalue weighted by Gasteiger charge is 2.29. The van der Waals surface area contributed by atoms with Crippen LogP contribution in [0.1, 0.15) is 48.8 Å². The van der Waals surface area contributed by atoms with Gasteiger partial charge in [0, 0.05) is 37.8 Å².